The van der Waals surface area contributed by atoms with E-state index in [4.69, 9.17) is 5.11 Å². The number of nitrogens with zero attached hydrogens (tertiary/aromatic N) is 1. The van der Waals surface area contributed by atoms with Crippen LogP contribution in [0.15, 0.2) is 17.2 Å². The fourth-order valence-corrected chi connectivity index (χ4v) is 0.801. The van der Waals surface area contributed by atoms with Gasteiger partial charge in [0.2, 0.25) is 0 Å². The quantitative estimate of drug-likeness (QED) is 0.428. The Morgan fingerprint density at radius 1 is 1.67 bits per heavy atom. The molecule has 1 atom stereocenters. The Kier molecular flexibility index (Phi) is 1.94. The molecule has 0 aliphatic rings. The Hall–Kier alpha value is -0.270. The zero-order chi connectivity index (χ0) is 6.85. The molecule has 9 heavy (non-hydrogen) atoms. The van der Waals surface area contributed by atoms with E-state index in [1.165, 1.54) is 6.20 Å². The van der Waals surface area contributed by atoms with E-state index < -0.39 is 0 Å². The van der Waals surface area contributed by atoms with Gasteiger partial charge in [-0.3, -0.25) is 4.98 Å². The number of pyridine rings is 1. The van der Waals surface area contributed by atoms with Gasteiger partial charge in [-0.2, -0.15) is 0 Å². The van der Waals surface area contributed by atoms with Crippen LogP contribution in [0.2, 0.25) is 0 Å². The van der Waals surface area contributed by atoms with Crippen LogP contribution >= 0.6 is 21.9 Å². The summed E-state index contributed by atoms with van der Waals surface area (Å²) >= 11 is 4.02. The number of rotatable bonds is 0. The van der Waals surface area contributed by atoms with Crippen molar-refractivity contribution in [1.29, 1.82) is 0 Å². The maximum Gasteiger partial charge on any atom is 0.135 e. The van der Waals surface area contributed by atoms with Gasteiger partial charge in [0.15, 0.2) is 0 Å². The minimum atomic E-state index is 0.145. The third-order valence-corrected chi connectivity index (χ3v) is 1.94. The molecule has 0 aliphatic carbocycles. The van der Waals surface area contributed by atoms with E-state index in [-0.39, 0.29) is 5.75 Å². The molecule has 1 aromatic rings. The van der Waals surface area contributed by atoms with Crippen molar-refractivity contribution in [2.45, 2.75) is 4.90 Å². The van der Waals surface area contributed by atoms with E-state index >= 15 is 0 Å². The topological polar surface area (TPSA) is 33.1 Å². The SMILES string of the molecule is Oc1cnc(P)c(S)c1. The van der Waals surface area contributed by atoms with Crippen molar-refractivity contribution in [3.63, 3.8) is 0 Å². The molecule has 0 radical (unpaired) electrons. The van der Waals surface area contributed by atoms with Crippen LogP contribution in [0.3, 0.4) is 0 Å². The summed E-state index contributed by atoms with van der Waals surface area (Å²) in [6, 6.07) is 1.54. The second-order valence-corrected chi connectivity index (χ2v) is 2.63. The molecule has 0 saturated carbocycles. The first-order chi connectivity index (χ1) is 4.20. The van der Waals surface area contributed by atoms with Crippen LogP contribution < -0.4 is 5.44 Å². The van der Waals surface area contributed by atoms with Crippen LogP contribution in [0.4, 0.5) is 0 Å². The summed E-state index contributed by atoms with van der Waals surface area (Å²) < 4.78 is 0. The molecule has 1 unspecified atom stereocenters. The first-order valence-electron chi connectivity index (χ1n) is 2.33. The first kappa shape index (κ1) is 6.84. The van der Waals surface area contributed by atoms with Crippen LogP contribution in [0.25, 0.3) is 0 Å². The van der Waals surface area contributed by atoms with Gasteiger partial charge in [0.1, 0.15) is 5.75 Å². The van der Waals surface area contributed by atoms with Gasteiger partial charge in [-0.1, -0.05) is 9.24 Å². The van der Waals surface area contributed by atoms with Crippen LogP contribution in [-0.4, -0.2) is 10.1 Å². The molecule has 4 heteroatoms. The highest BCUT2D eigenvalue weighted by atomic mass is 32.1. The third kappa shape index (κ3) is 1.57. The minimum absolute atomic E-state index is 0.145. The predicted molar refractivity (Wildman–Crippen MR) is 42.5 cm³/mol. The van der Waals surface area contributed by atoms with Crippen molar-refractivity contribution in [3.8, 4) is 5.75 Å². The van der Waals surface area contributed by atoms with Gasteiger partial charge in [0, 0.05) is 4.90 Å². The van der Waals surface area contributed by atoms with Crippen molar-refractivity contribution in [2.24, 2.45) is 0 Å². The number of aromatic nitrogens is 1. The molecular formula is C5H6NOPS. The summed E-state index contributed by atoms with van der Waals surface area (Å²) in [6.07, 6.45) is 1.38. The molecule has 0 aliphatic heterocycles. The lowest BCUT2D eigenvalue weighted by Gasteiger charge is -1.95. The normalized spacial score (nSPS) is 9.56. The highest BCUT2D eigenvalue weighted by Gasteiger charge is 1.93. The molecule has 0 saturated heterocycles. The summed E-state index contributed by atoms with van der Waals surface area (Å²) in [7, 11) is 2.41. The Labute approximate surface area is 60.9 Å². The van der Waals surface area contributed by atoms with E-state index in [1.54, 1.807) is 6.07 Å². The third-order valence-electron chi connectivity index (χ3n) is 0.883. The van der Waals surface area contributed by atoms with Gasteiger partial charge in [-0.15, -0.1) is 12.6 Å². The van der Waals surface area contributed by atoms with Gasteiger partial charge in [0.25, 0.3) is 0 Å². The fraction of sp³-hybridized carbons (Fsp3) is 0. The molecule has 1 rings (SSSR count). The minimum Gasteiger partial charge on any atom is -0.506 e. The number of hydrogen-bond acceptors (Lipinski definition) is 3. The lowest BCUT2D eigenvalue weighted by Crippen LogP contribution is -1.97. The molecule has 1 aromatic heterocycles. The molecular weight excluding hydrogens is 153 g/mol. The summed E-state index contributed by atoms with van der Waals surface area (Å²) in [6.45, 7) is 0. The molecule has 2 nitrogen and oxygen atoms in total. The standard InChI is InChI=1S/C5H6NOPS/c7-3-1-4(9)5(8)6-2-3/h1-2,7,9H,8H2. The van der Waals surface area contributed by atoms with Crippen LogP contribution in [0, 0.1) is 0 Å². The fourth-order valence-electron chi connectivity index (χ4n) is 0.453. The molecule has 0 aromatic carbocycles. The zero-order valence-electron chi connectivity index (χ0n) is 4.57. The molecule has 0 amide bonds. The molecule has 0 spiro atoms. The maximum atomic E-state index is 8.82. The van der Waals surface area contributed by atoms with Crippen molar-refractivity contribution >= 4 is 27.3 Å². The second kappa shape index (κ2) is 2.54. The van der Waals surface area contributed by atoms with Crippen LogP contribution in [-0.2, 0) is 0 Å². The maximum absolute atomic E-state index is 8.82. The summed E-state index contributed by atoms with van der Waals surface area (Å²) in [4.78, 5) is 4.50. The number of hydrogen-bond donors (Lipinski definition) is 2. The van der Waals surface area contributed by atoms with Crippen molar-refractivity contribution in [2.75, 3.05) is 0 Å². The molecule has 48 valence electrons. The van der Waals surface area contributed by atoms with E-state index in [9.17, 15) is 0 Å². The second-order valence-electron chi connectivity index (χ2n) is 1.60. The zero-order valence-corrected chi connectivity index (χ0v) is 6.62. The van der Waals surface area contributed by atoms with Gasteiger partial charge < -0.3 is 5.11 Å². The number of thiol groups is 1. The monoisotopic (exact) mass is 159 g/mol. The van der Waals surface area contributed by atoms with Crippen LogP contribution in [0.1, 0.15) is 0 Å². The summed E-state index contributed by atoms with van der Waals surface area (Å²) in [5, 5.41) is 8.82. The molecule has 0 bridgehead atoms. The van der Waals surface area contributed by atoms with E-state index in [1.807, 2.05) is 0 Å². The van der Waals surface area contributed by atoms with E-state index in [2.05, 4.69) is 26.9 Å². The molecule has 1 N–H and O–H groups in total. The van der Waals surface area contributed by atoms with E-state index in [0.717, 1.165) is 5.44 Å². The lowest BCUT2D eigenvalue weighted by atomic mass is 10.5. The Balaban J connectivity index is 3.17. The molecule has 0 fully saturated rings. The number of aromatic hydroxyl groups is 1. The van der Waals surface area contributed by atoms with Gasteiger partial charge in [-0.25, -0.2) is 0 Å². The Bertz CT molecular complexity index is 228. The van der Waals surface area contributed by atoms with Crippen LogP contribution in [0.5, 0.6) is 5.75 Å². The smallest absolute Gasteiger partial charge is 0.135 e. The van der Waals surface area contributed by atoms with Gasteiger partial charge in [-0.05, 0) is 6.07 Å². The first-order valence-corrected chi connectivity index (χ1v) is 3.36. The van der Waals surface area contributed by atoms with Crippen molar-refractivity contribution < 1.29 is 5.11 Å². The highest BCUT2D eigenvalue weighted by molar-refractivity contribution is 7.80. The van der Waals surface area contributed by atoms with Gasteiger partial charge in [0.05, 0.1) is 11.6 Å². The van der Waals surface area contributed by atoms with Crippen molar-refractivity contribution in [3.05, 3.63) is 12.3 Å². The Morgan fingerprint density at radius 2 is 2.33 bits per heavy atom. The predicted octanol–water partition coefficient (Wildman–Crippen LogP) is 0.576. The average Bonchev–Trinajstić information content (AvgIpc) is 1.80. The van der Waals surface area contributed by atoms with Gasteiger partial charge >= 0.3 is 0 Å². The lowest BCUT2D eigenvalue weighted by molar-refractivity contribution is 0.471. The largest absolute Gasteiger partial charge is 0.506 e. The highest BCUT2D eigenvalue weighted by Crippen LogP contribution is 2.11. The summed E-state index contributed by atoms with van der Waals surface area (Å²) in [5.74, 6) is 0.145. The van der Waals surface area contributed by atoms with E-state index in [0.29, 0.717) is 4.90 Å². The molecule has 1 heterocycles. The average molecular weight is 159 g/mol. The summed E-state index contributed by atoms with van der Waals surface area (Å²) in [5.41, 5.74) is 0.746. The van der Waals surface area contributed by atoms with Crippen molar-refractivity contribution in [1.82, 2.24) is 4.98 Å². The Morgan fingerprint density at radius 3 is 2.78 bits per heavy atom.